The van der Waals surface area contributed by atoms with Crippen molar-refractivity contribution in [2.75, 3.05) is 20.2 Å². The van der Waals surface area contributed by atoms with Crippen molar-refractivity contribution in [3.63, 3.8) is 0 Å². The number of likely N-dealkylation sites (tertiary alicyclic amines) is 1. The van der Waals surface area contributed by atoms with Gasteiger partial charge >= 0.3 is 6.09 Å². The highest BCUT2D eigenvalue weighted by molar-refractivity contribution is 5.68. The summed E-state index contributed by atoms with van der Waals surface area (Å²) in [5.41, 5.74) is -0.420. The first-order valence-corrected chi connectivity index (χ1v) is 9.16. The van der Waals surface area contributed by atoms with E-state index in [9.17, 15) is 4.79 Å². The Morgan fingerprint density at radius 2 is 1.91 bits per heavy atom. The Kier molecular flexibility index (Phi) is 6.72. The van der Waals surface area contributed by atoms with Gasteiger partial charge in [0.1, 0.15) is 5.60 Å². The molecule has 2 rings (SSSR count). The summed E-state index contributed by atoms with van der Waals surface area (Å²) >= 11 is 0. The Labute approximate surface area is 141 Å². The van der Waals surface area contributed by atoms with Crippen molar-refractivity contribution in [2.24, 2.45) is 0 Å². The molecular weight excluding hydrogens is 292 g/mol. The van der Waals surface area contributed by atoms with E-state index in [2.05, 4.69) is 5.32 Å². The molecule has 1 aliphatic carbocycles. The van der Waals surface area contributed by atoms with E-state index in [-0.39, 0.29) is 6.09 Å². The molecule has 0 spiro atoms. The molecule has 3 atom stereocenters. The quantitative estimate of drug-likeness (QED) is 0.842. The summed E-state index contributed by atoms with van der Waals surface area (Å²) in [6.45, 7) is 7.53. The molecular formula is C18H34N2O3. The zero-order valence-corrected chi connectivity index (χ0v) is 15.3. The van der Waals surface area contributed by atoms with Crippen molar-refractivity contribution in [3.05, 3.63) is 0 Å². The van der Waals surface area contributed by atoms with E-state index < -0.39 is 5.60 Å². The van der Waals surface area contributed by atoms with E-state index >= 15 is 0 Å². The summed E-state index contributed by atoms with van der Waals surface area (Å²) in [5.74, 6) is 0. The summed E-state index contributed by atoms with van der Waals surface area (Å²) in [4.78, 5) is 14.2. The van der Waals surface area contributed by atoms with Crippen LogP contribution < -0.4 is 5.32 Å². The zero-order valence-electron chi connectivity index (χ0n) is 15.3. The summed E-state index contributed by atoms with van der Waals surface area (Å²) < 4.78 is 11.1. The van der Waals surface area contributed by atoms with Gasteiger partial charge in [0.05, 0.1) is 6.10 Å². The third kappa shape index (κ3) is 5.64. The van der Waals surface area contributed by atoms with Crippen molar-refractivity contribution in [1.29, 1.82) is 0 Å². The first-order chi connectivity index (χ1) is 10.9. The normalized spacial score (nSPS) is 28.9. The molecule has 1 heterocycles. The number of rotatable bonds is 5. The van der Waals surface area contributed by atoms with Gasteiger partial charge in [-0.1, -0.05) is 12.8 Å². The second kappa shape index (κ2) is 8.34. The Morgan fingerprint density at radius 1 is 1.17 bits per heavy atom. The van der Waals surface area contributed by atoms with Crippen LogP contribution in [0.5, 0.6) is 0 Å². The Balaban J connectivity index is 1.76. The van der Waals surface area contributed by atoms with E-state index in [0.29, 0.717) is 18.2 Å². The van der Waals surface area contributed by atoms with Gasteiger partial charge in [0.2, 0.25) is 0 Å². The second-order valence-electron chi connectivity index (χ2n) is 7.88. The van der Waals surface area contributed by atoms with Crippen LogP contribution >= 0.6 is 0 Å². The van der Waals surface area contributed by atoms with Gasteiger partial charge < -0.3 is 19.7 Å². The molecule has 1 amide bonds. The number of carbonyl (C=O) groups excluding carboxylic acids is 1. The van der Waals surface area contributed by atoms with Crippen LogP contribution in [0.4, 0.5) is 4.79 Å². The molecule has 0 aromatic heterocycles. The predicted molar refractivity (Wildman–Crippen MR) is 91.6 cm³/mol. The first kappa shape index (κ1) is 18.5. The lowest BCUT2D eigenvalue weighted by atomic mass is 9.92. The van der Waals surface area contributed by atoms with Gasteiger partial charge in [-0.3, -0.25) is 0 Å². The number of nitrogens with zero attached hydrogens (tertiary/aromatic N) is 1. The smallest absolute Gasteiger partial charge is 0.410 e. The lowest BCUT2D eigenvalue weighted by Crippen LogP contribution is -2.45. The van der Waals surface area contributed by atoms with Gasteiger partial charge in [0.25, 0.3) is 0 Å². The fraction of sp³-hybridized carbons (Fsp3) is 0.944. The minimum absolute atomic E-state index is 0.160. The number of carbonyl (C=O) groups is 1. The third-order valence-electron chi connectivity index (χ3n) is 4.89. The molecule has 0 aromatic carbocycles. The molecule has 23 heavy (non-hydrogen) atoms. The van der Waals surface area contributed by atoms with E-state index in [4.69, 9.17) is 9.47 Å². The number of nitrogens with one attached hydrogen (secondary N) is 1. The molecule has 0 radical (unpaired) electrons. The third-order valence-corrected chi connectivity index (χ3v) is 4.89. The second-order valence-corrected chi connectivity index (χ2v) is 7.88. The van der Waals surface area contributed by atoms with Crippen LogP contribution in [0.25, 0.3) is 0 Å². The van der Waals surface area contributed by atoms with Crippen LogP contribution in [-0.4, -0.2) is 55.0 Å². The summed E-state index contributed by atoms with van der Waals surface area (Å²) in [5, 5.41) is 3.65. The molecule has 1 saturated heterocycles. The Hall–Kier alpha value is -0.810. The average molecular weight is 326 g/mol. The van der Waals surface area contributed by atoms with E-state index in [1.165, 1.54) is 19.3 Å². The maximum atomic E-state index is 12.3. The Morgan fingerprint density at radius 3 is 2.61 bits per heavy atom. The molecule has 1 saturated carbocycles. The van der Waals surface area contributed by atoms with Gasteiger partial charge in [-0.05, 0) is 59.4 Å². The number of hydrogen-bond acceptors (Lipinski definition) is 4. The maximum absolute atomic E-state index is 12.3. The van der Waals surface area contributed by atoms with E-state index in [1.54, 1.807) is 0 Å². The van der Waals surface area contributed by atoms with Crippen molar-refractivity contribution in [1.82, 2.24) is 10.2 Å². The number of amides is 1. The summed E-state index contributed by atoms with van der Waals surface area (Å²) in [7, 11) is 1.81. The van der Waals surface area contributed by atoms with Gasteiger partial charge in [-0.15, -0.1) is 0 Å². The molecule has 2 aliphatic rings. The summed E-state index contributed by atoms with van der Waals surface area (Å²) in [6.07, 6.45) is 8.23. The van der Waals surface area contributed by atoms with Crippen LogP contribution in [0.1, 0.15) is 65.7 Å². The number of methoxy groups -OCH3 is 1. The standard InChI is InChI=1S/C18H34N2O3/c1-18(2,3)23-17(21)20-13-7-8-14(20)11-12-19-15-9-5-6-10-16(15)22-4/h14-16,19H,5-13H2,1-4H3. The minimum atomic E-state index is -0.420. The minimum Gasteiger partial charge on any atom is -0.444 e. The first-order valence-electron chi connectivity index (χ1n) is 9.16. The monoisotopic (exact) mass is 326 g/mol. The van der Waals surface area contributed by atoms with Gasteiger partial charge in [-0.2, -0.15) is 0 Å². The van der Waals surface area contributed by atoms with Gasteiger partial charge in [0.15, 0.2) is 0 Å². The highest BCUT2D eigenvalue weighted by atomic mass is 16.6. The summed E-state index contributed by atoms with van der Waals surface area (Å²) in [6, 6.07) is 0.770. The highest BCUT2D eigenvalue weighted by Crippen LogP contribution is 2.24. The molecule has 3 unspecified atom stereocenters. The lowest BCUT2D eigenvalue weighted by molar-refractivity contribution is 0.0211. The SMILES string of the molecule is COC1CCCCC1NCCC1CCCN1C(=O)OC(C)(C)C. The molecule has 5 nitrogen and oxygen atoms in total. The van der Waals surface area contributed by atoms with Crippen LogP contribution in [0.2, 0.25) is 0 Å². The maximum Gasteiger partial charge on any atom is 0.410 e. The van der Waals surface area contributed by atoms with Gasteiger partial charge in [0, 0.05) is 25.7 Å². The van der Waals surface area contributed by atoms with E-state index in [1.807, 2.05) is 32.8 Å². The largest absolute Gasteiger partial charge is 0.444 e. The predicted octanol–water partition coefficient (Wildman–Crippen LogP) is 3.32. The molecule has 2 fully saturated rings. The molecule has 1 N–H and O–H groups in total. The fourth-order valence-corrected chi connectivity index (χ4v) is 3.74. The van der Waals surface area contributed by atoms with Crippen LogP contribution in [0, 0.1) is 0 Å². The van der Waals surface area contributed by atoms with E-state index in [0.717, 1.165) is 38.8 Å². The number of ether oxygens (including phenoxy) is 2. The molecule has 1 aliphatic heterocycles. The Bertz CT molecular complexity index is 381. The lowest BCUT2D eigenvalue weighted by Gasteiger charge is -2.32. The van der Waals surface area contributed by atoms with Crippen molar-refractivity contribution >= 4 is 6.09 Å². The molecule has 0 bridgehead atoms. The average Bonchev–Trinajstić information content (AvgIpc) is 2.94. The molecule has 0 aromatic rings. The van der Waals surface area contributed by atoms with Crippen molar-refractivity contribution in [2.45, 2.75) is 89.5 Å². The molecule has 134 valence electrons. The van der Waals surface area contributed by atoms with Crippen molar-refractivity contribution < 1.29 is 14.3 Å². The highest BCUT2D eigenvalue weighted by Gasteiger charge is 2.32. The topological polar surface area (TPSA) is 50.8 Å². The van der Waals surface area contributed by atoms with Crippen LogP contribution in [-0.2, 0) is 9.47 Å². The molecule has 5 heteroatoms. The zero-order chi connectivity index (χ0) is 16.9. The van der Waals surface area contributed by atoms with Crippen LogP contribution in [0.15, 0.2) is 0 Å². The van der Waals surface area contributed by atoms with Gasteiger partial charge in [-0.25, -0.2) is 4.79 Å². The number of hydrogen-bond donors (Lipinski definition) is 1. The fourth-order valence-electron chi connectivity index (χ4n) is 3.74. The van der Waals surface area contributed by atoms with Crippen molar-refractivity contribution in [3.8, 4) is 0 Å². The van der Waals surface area contributed by atoms with Crippen LogP contribution in [0.3, 0.4) is 0 Å².